The molecule has 0 amide bonds. The standard InChI is InChI=1S/C8H19O2P/c1-7(2,6-9)5-8(3,4)11-10/h9H,5-6,11H2,1-4H3. The van der Waals surface area contributed by atoms with Crippen LogP contribution < -0.4 is 0 Å². The van der Waals surface area contributed by atoms with Crippen molar-refractivity contribution in [3.05, 3.63) is 0 Å². The molecule has 0 fully saturated rings. The minimum absolute atomic E-state index is 0.0963. The molecule has 11 heavy (non-hydrogen) atoms. The Morgan fingerprint density at radius 3 is 2.00 bits per heavy atom. The molecule has 0 saturated carbocycles. The molecular weight excluding hydrogens is 159 g/mol. The summed E-state index contributed by atoms with van der Waals surface area (Å²) in [5, 5.41) is 8.86. The Hall–Kier alpha value is 0.190. The molecule has 1 unspecified atom stereocenters. The predicted molar refractivity (Wildman–Crippen MR) is 50.0 cm³/mol. The average Bonchev–Trinajstić information content (AvgIpc) is 1.86. The highest BCUT2D eigenvalue weighted by Crippen LogP contribution is 2.35. The molecule has 0 radical (unpaired) electrons. The molecule has 0 bridgehead atoms. The number of aliphatic hydroxyl groups is 1. The highest BCUT2D eigenvalue weighted by molar-refractivity contribution is 7.25. The van der Waals surface area contributed by atoms with Crippen LogP contribution in [-0.4, -0.2) is 16.9 Å². The summed E-state index contributed by atoms with van der Waals surface area (Å²) in [5.41, 5.74) is -0.0963. The lowest BCUT2D eigenvalue weighted by Crippen LogP contribution is -2.26. The average molecular weight is 178 g/mol. The highest BCUT2D eigenvalue weighted by Gasteiger charge is 2.27. The van der Waals surface area contributed by atoms with Crippen molar-refractivity contribution in [2.75, 3.05) is 6.61 Å². The second kappa shape index (κ2) is 3.73. The van der Waals surface area contributed by atoms with Crippen LogP contribution in [0.4, 0.5) is 0 Å². The molecule has 0 heterocycles. The van der Waals surface area contributed by atoms with Crippen molar-refractivity contribution in [1.29, 1.82) is 0 Å². The zero-order valence-electron chi connectivity index (χ0n) is 7.85. The van der Waals surface area contributed by atoms with E-state index in [-0.39, 0.29) is 17.2 Å². The van der Waals surface area contributed by atoms with E-state index < -0.39 is 8.46 Å². The molecule has 0 rings (SSSR count). The van der Waals surface area contributed by atoms with E-state index in [1.165, 1.54) is 0 Å². The third-order valence-corrected chi connectivity index (χ3v) is 2.52. The molecule has 0 aromatic carbocycles. The smallest absolute Gasteiger partial charge is 0.0698 e. The van der Waals surface area contributed by atoms with Gasteiger partial charge in [0.05, 0.1) is 8.46 Å². The fourth-order valence-corrected chi connectivity index (χ4v) is 1.97. The van der Waals surface area contributed by atoms with Gasteiger partial charge in [-0.2, -0.15) is 0 Å². The summed E-state index contributed by atoms with van der Waals surface area (Å²) >= 11 is 0. The molecule has 2 nitrogen and oxygen atoms in total. The number of hydrogen-bond acceptors (Lipinski definition) is 2. The van der Waals surface area contributed by atoms with E-state index in [0.29, 0.717) is 0 Å². The van der Waals surface area contributed by atoms with Gasteiger partial charge in [0.2, 0.25) is 0 Å². The van der Waals surface area contributed by atoms with Crippen molar-refractivity contribution in [1.82, 2.24) is 0 Å². The van der Waals surface area contributed by atoms with E-state index in [0.717, 1.165) is 6.42 Å². The number of aliphatic hydroxyl groups excluding tert-OH is 1. The van der Waals surface area contributed by atoms with Gasteiger partial charge in [0.15, 0.2) is 0 Å². The van der Waals surface area contributed by atoms with E-state index >= 15 is 0 Å². The Balaban J connectivity index is 4.12. The van der Waals surface area contributed by atoms with Gasteiger partial charge in [0.25, 0.3) is 0 Å². The second-order valence-corrected chi connectivity index (χ2v) is 6.40. The normalized spacial score (nSPS) is 14.6. The van der Waals surface area contributed by atoms with Crippen LogP contribution in [-0.2, 0) is 4.57 Å². The molecule has 0 aliphatic carbocycles. The molecule has 1 N–H and O–H groups in total. The topological polar surface area (TPSA) is 37.3 Å². The van der Waals surface area contributed by atoms with Crippen molar-refractivity contribution in [2.24, 2.45) is 5.41 Å². The maximum Gasteiger partial charge on any atom is 0.0698 e. The summed E-state index contributed by atoms with van der Waals surface area (Å²) in [4.78, 5) is 0. The minimum atomic E-state index is -0.754. The van der Waals surface area contributed by atoms with Gasteiger partial charge in [-0.15, -0.1) is 0 Å². The molecule has 0 aliphatic rings. The van der Waals surface area contributed by atoms with E-state index in [1.54, 1.807) is 0 Å². The summed E-state index contributed by atoms with van der Waals surface area (Å²) in [6.07, 6.45) is 0.815. The Bertz CT molecular complexity index is 141. The minimum Gasteiger partial charge on any atom is -0.396 e. The largest absolute Gasteiger partial charge is 0.396 e. The molecular formula is C8H19O2P. The van der Waals surface area contributed by atoms with Gasteiger partial charge in [-0.05, 0) is 11.8 Å². The van der Waals surface area contributed by atoms with Crippen LogP contribution in [0.1, 0.15) is 34.1 Å². The van der Waals surface area contributed by atoms with Crippen LogP contribution in [0.25, 0.3) is 0 Å². The van der Waals surface area contributed by atoms with Gasteiger partial charge in [0, 0.05) is 11.8 Å². The summed E-state index contributed by atoms with van der Waals surface area (Å²) < 4.78 is 10.7. The SMILES string of the molecule is CC(C)(CO)CC(C)(C)[PH2]=O. The van der Waals surface area contributed by atoms with Gasteiger partial charge in [-0.1, -0.05) is 27.7 Å². The van der Waals surface area contributed by atoms with Crippen molar-refractivity contribution in [2.45, 2.75) is 39.3 Å². The third-order valence-electron chi connectivity index (χ3n) is 1.68. The number of hydrogen-bond donors (Lipinski definition) is 1. The zero-order valence-corrected chi connectivity index (χ0v) is 9.00. The van der Waals surface area contributed by atoms with E-state index in [2.05, 4.69) is 0 Å². The molecule has 0 aromatic rings. The molecule has 68 valence electrons. The maximum absolute atomic E-state index is 10.7. The van der Waals surface area contributed by atoms with Gasteiger partial charge in [-0.25, -0.2) is 0 Å². The highest BCUT2D eigenvalue weighted by atomic mass is 31.1. The van der Waals surface area contributed by atoms with Crippen LogP contribution >= 0.6 is 8.46 Å². The van der Waals surface area contributed by atoms with Gasteiger partial charge in [0.1, 0.15) is 0 Å². The predicted octanol–water partition coefficient (Wildman–Crippen LogP) is 1.93. The second-order valence-electron chi connectivity index (χ2n) is 4.61. The van der Waals surface area contributed by atoms with E-state index in [4.69, 9.17) is 5.11 Å². The Kier molecular flexibility index (Phi) is 3.79. The molecule has 3 heteroatoms. The van der Waals surface area contributed by atoms with Gasteiger partial charge < -0.3 is 9.67 Å². The van der Waals surface area contributed by atoms with Crippen molar-refractivity contribution < 1.29 is 9.67 Å². The molecule has 0 aromatic heterocycles. The Labute approximate surface area is 70.2 Å². The maximum atomic E-state index is 10.7. The summed E-state index contributed by atoms with van der Waals surface area (Å²) in [5.74, 6) is 0. The fourth-order valence-electron chi connectivity index (χ4n) is 1.33. The number of rotatable bonds is 4. The Morgan fingerprint density at radius 1 is 1.27 bits per heavy atom. The lowest BCUT2D eigenvalue weighted by atomic mass is 9.84. The van der Waals surface area contributed by atoms with Gasteiger partial charge >= 0.3 is 0 Å². The Morgan fingerprint density at radius 2 is 1.73 bits per heavy atom. The monoisotopic (exact) mass is 178 g/mol. The van der Waals surface area contributed by atoms with Crippen molar-refractivity contribution >= 4 is 8.46 Å². The first-order chi connectivity index (χ1) is 4.83. The van der Waals surface area contributed by atoms with Crippen molar-refractivity contribution in [3.63, 3.8) is 0 Å². The first kappa shape index (κ1) is 11.2. The quantitative estimate of drug-likeness (QED) is 0.668. The summed E-state index contributed by atoms with van der Waals surface area (Å²) in [6, 6.07) is 0. The zero-order chi connectivity index (χ0) is 9.12. The molecule has 0 spiro atoms. The fraction of sp³-hybridized carbons (Fsp3) is 1.00. The molecule has 0 aliphatic heterocycles. The lowest BCUT2D eigenvalue weighted by Gasteiger charge is -2.29. The first-order valence-corrected chi connectivity index (χ1v) is 4.95. The van der Waals surface area contributed by atoms with Crippen LogP contribution in [0.15, 0.2) is 0 Å². The first-order valence-electron chi connectivity index (χ1n) is 3.90. The van der Waals surface area contributed by atoms with Crippen LogP contribution in [0.3, 0.4) is 0 Å². The van der Waals surface area contributed by atoms with E-state index in [1.807, 2.05) is 27.7 Å². The van der Waals surface area contributed by atoms with Crippen LogP contribution in [0, 0.1) is 5.41 Å². The van der Waals surface area contributed by atoms with E-state index in [9.17, 15) is 4.57 Å². The van der Waals surface area contributed by atoms with Crippen LogP contribution in [0.5, 0.6) is 0 Å². The molecule has 1 atom stereocenters. The molecule has 0 saturated heterocycles. The summed E-state index contributed by atoms with van der Waals surface area (Å²) in [6.45, 7) is 8.10. The summed E-state index contributed by atoms with van der Waals surface area (Å²) in [7, 11) is -0.754. The van der Waals surface area contributed by atoms with Crippen LogP contribution in [0.2, 0.25) is 0 Å². The van der Waals surface area contributed by atoms with Crippen molar-refractivity contribution in [3.8, 4) is 0 Å². The lowest BCUT2D eigenvalue weighted by molar-refractivity contribution is 0.140. The van der Waals surface area contributed by atoms with Gasteiger partial charge in [-0.3, -0.25) is 0 Å². The third kappa shape index (κ3) is 4.60.